The molecule has 0 aliphatic carbocycles. The third-order valence-electron chi connectivity index (χ3n) is 5.27. The average molecular weight is 442 g/mol. The van der Waals surface area contributed by atoms with Gasteiger partial charge in [0.1, 0.15) is 0 Å². The van der Waals surface area contributed by atoms with Crippen molar-refractivity contribution in [1.29, 1.82) is 0 Å². The molecule has 2 unspecified atom stereocenters. The minimum Gasteiger partial charge on any atom is -0.372 e. The van der Waals surface area contributed by atoms with Crippen molar-refractivity contribution in [1.82, 2.24) is 20.7 Å². The Morgan fingerprint density at radius 2 is 1.88 bits per heavy atom. The fourth-order valence-corrected chi connectivity index (χ4v) is 3.65. The molecule has 2 aromatic rings. The van der Waals surface area contributed by atoms with Crippen LogP contribution in [-0.2, 0) is 17.8 Å². The molecule has 1 fully saturated rings. The first-order valence-corrected chi connectivity index (χ1v) is 11.4. The molecular weight excluding hydrogens is 406 g/mol. The first-order chi connectivity index (χ1) is 15.4. The molecule has 1 saturated heterocycles. The largest absolute Gasteiger partial charge is 0.372 e. The topological polar surface area (TPSA) is 92.0 Å². The van der Waals surface area contributed by atoms with E-state index in [1.165, 1.54) is 0 Å². The van der Waals surface area contributed by atoms with Gasteiger partial charge in [0.15, 0.2) is 11.7 Å². The number of nitrogens with zero attached hydrogens (tertiary/aromatic N) is 3. The van der Waals surface area contributed by atoms with Crippen molar-refractivity contribution < 1.29 is 14.1 Å². The number of carbonyl (C=O) groups is 1. The summed E-state index contributed by atoms with van der Waals surface area (Å²) in [5.41, 5.74) is 2.67. The molecule has 2 N–H and O–H groups in total. The van der Waals surface area contributed by atoms with Gasteiger partial charge in [0, 0.05) is 31.3 Å². The second kappa shape index (κ2) is 11.1. The van der Waals surface area contributed by atoms with Crippen LogP contribution in [-0.4, -0.2) is 53.8 Å². The molecule has 1 aliphatic heterocycles. The zero-order valence-corrected chi connectivity index (χ0v) is 19.7. The summed E-state index contributed by atoms with van der Waals surface area (Å²) in [5, 5.41) is 10.6. The van der Waals surface area contributed by atoms with E-state index in [1.807, 2.05) is 56.0 Å². The average Bonchev–Trinajstić information content (AvgIpc) is 3.24. The number of nitrogens with one attached hydrogen (secondary N) is 2. The zero-order valence-electron chi connectivity index (χ0n) is 19.7. The van der Waals surface area contributed by atoms with Crippen LogP contribution in [0.2, 0.25) is 0 Å². The Labute approximate surface area is 190 Å². The highest BCUT2D eigenvalue weighted by Gasteiger charge is 2.26. The molecular formula is C24H35N5O3. The van der Waals surface area contributed by atoms with Gasteiger partial charge in [0.2, 0.25) is 0 Å². The molecule has 1 aromatic carbocycles. The number of carbonyl (C=O) groups excluding carboxylic acids is 1. The normalized spacial score (nSPS) is 19.3. The highest BCUT2D eigenvalue weighted by atomic mass is 16.5. The molecule has 8 heteroatoms. The van der Waals surface area contributed by atoms with E-state index in [1.54, 1.807) is 0 Å². The third-order valence-corrected chi connectivity index (χ3v) is 5.27. The molecule has 0 bridgehead atoms. The summed E-state index contributed by atoms with van der Waals surface area (Å²) in [6, 6.07) is 9.63. The van der Waals surface area contributed by atoms with E-state index in [-0.39, 0.29) is 18.1 Å². The Hall–Kier alpha value is -2.87. The molecule has 2 atom stereocenters. The fourth-order valence-electron chi connectivity index (χ4n) is 3.65. The molecule has 0 radical (unpaired) electrons. The number of morpholine rings is 1. The Balaban J connectivity index is 1.57. The van der Waals surface area contributed by atoms with E-state index in [4.69, 9.17) is 9.26 Å². The summed E-state index contributed by atoms with van der Waals surface area (Å²) in [6.07, 6.45) is 0.115. The van der Waals surface area contributed by atoms with Gasteiger partial charge >= 0.3 is 0 Å². The van der Waals surface area contributed by atoms with Crippen molar-refractivity contribution in [3.05, 3.63) is 52.9 Å². The van der Waals surface area contributed by atoms with Gasteiger partial charge in [-0.1, -0.05) is 31.1 Å². The number of hydrogen-bond acceptors (Lipinski definition) is 5. The maximum atomic E-state index is 12.8. The Kier molecular flexibility index (Phi) is 8.27. The van der Waals surface area contributed by atoms with Crippen LogP contribution in [0.15, 0.2) is 39.8 Å². The van der Waals surface area contributed by atoms with Crippen molar-refractivity contribution in [2.24, 2.45) is 4.99 Å². The second-order valence-electron chi connectivity index (χ2n) is 8.59. The maximum Gasteiger partial charge on any atom is 0.254 e. The van der Waals surface area contributed by atoms with Gasteiger partial charge in [-0.3, -0.25) is 4.79 Å². The maximum absolute atomic E-state index is 12.8. The van der Waals surface area contributed by atoms with Gasteiger partial charge in [-0.25, -0.2) is 4.99 Å². The number of benzene rings is 1. The first kappa shape index (κ1) is 23.8. The van der Waals surface area contributed by atoms with Crippen LogP contribution in [0, 0.1) is 0 Å². The number of rotatable bonds is 7. The van der Waals surface area contributed by atoms with Crippen molar-refractivity contribution in [2.45, 2.75) is 65.8 Å². The molecule has 0 saturated carbocycles. The van der Waals surface area contributed by atoms with Gasteiger partial charge in [0.05, 0.1) is 31.0 Å². The number of amides is 1. The highest BCUT2D eigenvalue weighted by Crippen LogP contribution is 2.16. The van der Waals surface area contributed by atoms with Crippen LogP contribution in [0.1, 0.15) is 67.9 Å². The Morgan fingerprint density at radius 1 is 1.19 bits per heavy atom. The predicted octanol–water partition coefficient (Wildman–Crippen LogP) is 3.30. The smallest absolute Gasteiger partial charge is 0.254 e. The van der Waals surface area contributed by atoms with Gasteiger partial charge in [-0.15, -0.1) is 0 Å². The molecule has 1 aromatic heterocycles. The molecule has 1 amide bonds. The minimum atomic E-state index is 0.0462. The number of hydrogen-bond donors (Lipinski definition) is 2. The molecule has 32 heavy (non-hydrogen) atoms. The third kappa shape index (κ3) is 6.56. The van der Waals surface area contributed by atoms with Crippen LogP contribution in [0.25, 0.3) is 0 Å². The lowest BCUT2D eigenvalue weighted by atomic mass is 10.1. The summed E-state index contributed by atoms with van der Waals surface area (Å²) in [4.78, 5) is 19.3. The number of aromatic nitrogens is 1. The lowest BCUT2D eigenvalue weighted by Crippen LogP contribution is -2.48. The van der Waals surface area contributed by atoms with Gasteiger partial charge in [0.25, 0.3) is 5.91 Å². The summed E-state index contributed by atoms with van der Waals surface area (Å²) in [6.45, 7) is 13.2. The van der Waals surface area contributed by atoms with Crippen LogP contribution in [0.4, 0.5) is 0 Å². The van der Waals surface area contributed by atoms with Crippen molar-refractivity contribution >= 4 is 11.9 Å². The van der Waals surface area contributed by atoms with Crippen molar-refractivity contribution in [3.63, 3.8) is 0 Å². The fraction of sp³-hybridized carbons (Fsp3) is 0.542. The molecule has 3 rings (SSSR count). The standard InChI is InChI=1S/C24H35N5O3/c1-6-25-24(27-13-21-11-22(16(2)3)28-32-21)26-12-19-7-9-20(10-8-19)23(30)29-14-17(4)31-18(5)15-29/h7-11,16-18H,6,12-15H2,1-5H3,(H2,25,26,27). The number of aliphatic imine (C=N–C) groups is 1. The summed E-state index contributed by atoms with van der Waals surface area (Å²) in [5.74, 6) is 1.85. The molecule has 1 aliphatic rings. The van der Waals surface area contributed by atoms with E-state index >= 15 is 0 Å². The zero-order chi connectivity index (χ0) is 23.1. The molecule has 174 valence electrons. The van der Waals surface area contributed by atoms with E-state index < -0.39 is 0 Å². The predicted molar refractivity (Wildman–Crippen MR) is 125 cm³/mol. The Bertz CT molecular complexity index is 897. The quantitative estimate of drug-likeness (QED) is 0.506. The monoisotopic (exact) mass is 441 g/mol. The van der Waals surface area contributed by atoms with E-state index in [2.05, 4.69) is 34.6 Å². The van der Waals surface area contributed by atoms with Gasteiger partial charge in [-0.2, -0.15) is 0 Å². The summed E-state index contributed by atoms with van der Waals surface area (Å²) < 4.78 is 11.1. The van der Waals surface area contributed by atoms with Crippen molar-refractivity contribution in [3.8, 4) is 0 Å². The lowest BCUT2D eigenvalue weighted by Gasteiger charge is -2.35. The molecule has 2 heterocycles. The first-order valence-electron chi connectivity index (χ1n) is 11.4. The van der Waals surface area contributed by atoms with Crippen LogP contribution in [0.3, 0.4) is 0 Å². The van der Waals surface area contributed by atoms with Crippen LogP contribution < -0.4 is 10.6 Å². The molecule has 8 nitrogen and oxygen atoms in total. The lowest BCUT2D eigenvalue weighted by molar-refractivity contribution is -0.0586. The second-order valence-corrected chi connectivity index (χ2v) is 8.59. The minimum absolute atomic E-state index is 0.0462. The Morgan fingerprint density at radius 3 is 2.47 bits per heavy atom. The summed E-state index contributed by atoms with van der Waals surface area (Å²) >= 11 is 0. The SMILES string of the molecule is CCNC(=NCc1ccc(C(=O)N2CC(C)OC(C)C2)cc1)NCc1cc(C(C)C)no1. The van der Waals surface area contributed by atoms with Crippen LogP contribution >= 0.6 is 0 Å². The number of guanidine groups is 1. The number of ether oxygens (including phenoxy) is 1. The summed E-state index contributed by atoms with van der Waals surface area (Å²) in [7, 11) is 0. The molecule has 0 spiro atoms. The van der Waals surface area contributed by atoms with Gasteiger partial charge in [-0.05, 0) is 44.4 Å². The van der Waals surface area contributed by atoms with Gasteiger partial charge < -0.3 is 24.8 Å². The van der Waals surface area contributed by atoms with E-state index in [0.717, 1.165) is 23.6 Å². The van der Waals surface area contributed by atoms with Crippen molar-refractivity contribution in [2.75, 3.05) is 19.6 Å². The highest BCUT2D eigenvalue weighted by molar-refractivity contribution is 5.94. The van der Waals surface area contributed by atoms with E-state index in [0.29, 0.717) is 43.6 Å². The van der Waals surface area contributed by atoms with Crippen LogP contribution in [0.5, 0.6) is 0 Å². The van der Waals surface area contributed by atoms with E-state index in [9.17, 15) is 4.79 Å².